The normalized spacial score (nSPS) is 46.9. The predicted octanol–water partition coefficient (Wildman–Crippen LogP) is 1.91. The maximum atomic E-state index is 9.51. The molecule has 0 bridgehead atoms. The van der Waals surface area contributed by atoms with Gasteiger partial charge in [-0.3, -0.25) is 0 Å². The maximum absolute atomic E-state index is 9.51. The van der Waals surface area contributed by atoms with Gasteiger partial charge in [-0.05, 0) is 30.6 Å². The van der Waals surface area contributed by atoms with Crippen LogP contribution in [-0.4, -0.2) is 18.3 Å². The van der Waals surface area contributed by atoms with Crippen molar-refractivity contribution in [2.24, 2.45) is 22.5 Å². The third-order valence-electron chi connectivity index (χ3n) is 4.98. The summed E-state index contributed by atoms with van der Waals surface area (Å²) in [7, 11) is 0. The molecule has 3 N–H and O–H groups in total. The van der Waals surface area contributed by atoms with E-state index in [0.29, 0.717) is 18.6 Å². The van der Waals surface area contributed by atoms with Gasteiger partial charge in [-0.15, -0.1) is 0 Å². The molecule has 2 aliphatic rings. The zero-order valence-corrected chi connectivity index (χ0v) is 9.26. The SMILES string of the molecule is CCC1CCCCC12CC2(CN)CO. The zero-order valence-electron chi connectivity index (χ0n) is 9.26. The van der Waals surface area contributed by atoms with E-state index in [9.17, 15) is 5.11 Å². The first-order valence-corrected chi connectivity index (χ1v) is 6.05. The Bertz CT molecular complexity index is 212. The van der Waals surface area contributed by atoms with Crippen LogP contribution in [0.3, 0.4) is 0 Å². The first-order chi connectivity index (χ1) is 6.74. The minimum atomic E-state index is 0.105. The molecule has 3 unspecified atom stereocenters. The van der Waals surface area contributed by atoms with E-state index in [0.717, 1.165) is 5.92 Å². The maximum Gasteiger partial charge on any atom is 0.0505 e. The van der Waals surface area contributed by atoms with Crippen molar-refractivity contribution in [2.45, 2.75) is 45.4 Å². The van der Waals surface area contributed by atoms with E-state index in [1.165, 1.54) is 38.5 Å². The van der Waals surface area contributed by atoms with Gasteiger partial charge in [0.2, 0.25) is 0 Å². The van der Waals surface area contributed by atoms with Gasteiger partial charge in [0.15, 0.2) is 0 Å². The summed E-state index contributed by atoms with van der Waals surface area (Å²) >= 11 is 0. The molecule has 0 aromatic rings. The van der Waals surface area contributed by atoms with Crippen molar-refractivity contribution in [3.8, 4) is 0 Å². The highest BCUT2D eigenvalue weighted by Gasteiger charge is 2.68. The lowest BCUT2D eigenvalue weighted by atomic mass is 9.70. The molecule has 82 valence electrons. The minimum Gasteiger partial charge on any atom is -0.396 e. The van der Waals surface area contributed by atoms with E-state index < -0.39 is 0 Å². The van der Waals surface area contributed by atoms with E-state index >= 15 is 0 Å². The fraction of sp³-hybridized carbons (Fsp3) is 1.00. The second-order valence-electron chi connectivity index (χ2n) is 5.33. The fourth-order valence-electron chi connectivity index (χ4n) is 3.95. The smallest absolute Gasteiger partial charge is 0.0505 e. The molecular formula is C12H23NO. The van der Waals surface area contributed by atoms with E-state index in [1.807, 2.05) is 0 Å². The van der Waals surface area contributed by atoms with Gasteiger partial charge in [-0.25, -0.2) is 0 Å². The van der Waals surface area contributed by atoms with E-state index in [1.54, 1.807) is 0 Å². The molecule has 0 radical (unpaired) electrons. The summed E-state index contributed by atoms with van der Waals surface area (Å²) in [5, 5.41) is 9.51. The number of aliphatic hydroxyl groups is 1. The van der Waals surface area contributed by atoms with Gasteiger partial charge in [0, 0.05) is 12.0 Å². The summed E-state index contributed by atoms with van der Waals surface area (Å²) in [6.45, 7) is 3.27. The Balaban J connectivity index is 2.15. The lowest BCUT2D eigenvalue weighted by Crippen LogP contribution is -2.33. The summed E-state index contributed by atoms with van der Waals surface area (Å²) in [6.07, 6.45) is 7.85. The van der Waals surface area contributed by atoms with Crippen molar-refractivity contribution in [1.29, 1.82) is 0 Å². The van der Waals surface area contributed by atoms with Crippen molar-refractivity contribution in [3.63, 3.8) is 0 Å². The molecule has 0 amide bonds. The standard InChI is InChI=1S/C12H23NO/c1-2-10-5-3-4-6-12(10)7-11(12,8-13)9-14/h10,14H,2-9,13H2,1H3. The van der Waals surface area contributed by atoms with E-state index in [2.05, 4.69) is 6.92 Å². The van der Waals surface area contributed by atoms with Crippen LogP contribution in [0.15, 0.2) is 0 Å². The monoisotopic (exact) mass is 197 g/mol. The number of rotatable bonds is 3. The Morgan fingerprint density at radius 2 is 2.21 bits per heavy atom. The molecule has 2 heteroatoms. The van der Waals surface area contributed by atoms with Crippen molar-refractivity contribution >= 4 is 0 Å². The summed E-state index contributed by atoms with van der Waals surface area (Å²) < 4.78 is 0. The molecule has 1 spiro atoms. The predicted molar refractivity (Wildman–Crippen MR) is 57.9 cm³/mol. The molecular weight excluding hydrogens is 174 g/mol. The largest absolute Gasteiger partial charge is 0.396 e. The van der Waals surface area contributed by atoms with Gasteiger partial charge in [0.05, 0.1) is 6.61 Å². The number of hydrogen-bond donors (Lipinski definition) is 2. The molecule has 3 atom stereocenters. The fourth-order valence-corrected chi connectivity index (χ4v) is 3.95. The van der Waals surface area contributed by atoms with Crippen LogP contribution in [0.4, 0.5) is 0 Å². The average molecular weight is 197 g/mol. The van der Waals surface area contributed by atoms with Crippen molar-refractivity contribution < 1.29 is 5.11 Å². The van der Waals surface area contributed by atoms with Crippen LogP contribution in [0.1, 0.15) is 45.4 Å². The molecule has 0 aliphatic heterocycles. The minimum absolute atomic E-state index is 0.105. The van der Waals surface area contributed by atoms with Crippen LogP contribution in [0, 0.1) is 16.7 Å². The third kappa shape index (κ3) is 1.17. The van der Waals surface area contributed by atoms with Gasteiger partial charge in [0.1, 0.15) is 0 Å². The molecule has 2 saturated carbocycles. The Morgan fingerprint density at radius 3 is 2.71 bits per heavy atom. The summed E-state index contributed by atoms with van der Waals surface area (Å²) in [5.41, 5.74) is 6.38. The molecule has 0 saturated heterocycles. The van der Waals surface area contributed by atoms with Gasteiger partial charge in [-0.2, -0.15) is 0 Å². The number of hydrogen-bond acceptors (Lipinski definition) is 2. The molecule has 0 heterocycles. The van der Waals surface area contributed by atoms with Crippen molar-refractivity contribution in [2.75, 3.05) is 13.2 Å². The van der Waals surface area contributed by atoms with Crippen molar-refractivity contribution in [3.05, 3.63) is 0 Å². The lowest BCUT2D eigenvalue weighted by molar-refractivity contribution is 0.104. The lowest BCUT2D eigenvalue weighted by Gasteiger charge is -2.35. The highest BCUT2D eigenvalue weighted by atomic mass is 16.3. The Kier molecular flexibility index (Phi) is 2.61. The molecule has 14 heavy (non-hydrogen) atoms. The molecule has 2 fully saturated rings. The van der Waals surface area contributed by atoms with E-state index in [-0.39, 0.29) is 5.41 Å². The number of nitrogens with two attached hydrogens (primary N) is 1. The molecule has 0 aromatic heterocycles. The van der Waals surface area contributed by atoms with Crippen LogP contribution in [-0.2, 0) is 0 Å². The Hall–Kier alpha value is -0.0800. The first-order valence-electron chi connectivity index (χ1n) is 6.05. The topological polar surface area (TPSA) is 46.2 Å². The molecule has 2 nitrogen and oxygen atoms in total. The van der Waals surface area contributed by atoms with Gasteiger partial charge in [-0.1, -0.05) is 26.2 Å². The quantitative estimate of drug-likeness (QED) is 0.726. The molecule has 0 aromatic carbocycles. The van der Waals surface area contributed by atoms with Gasteiger partial charge >= 0.3 is 0 Å². The van der Waals surface area contributed by atoms with Crippen LogP contribution in [0.5, 0.6) is 0 Å². The van der Waals surface area contributed by atoms with Crippen molar-refractivity contribution in [1.82, 2.24) is 0 Å². The highest BCUT2D eigenvalue weighted by molar-refractivity contribution is 5.17. The number of aliphatic hydroxyl groups excluding tert-OH is 1. The van der Waals surface area contributed by atoms with Crippen LogP contribution in [0.2, 0.25) is 0 Å². The van der Waals surface area contributed by atoms with Crippen LogP contribution in [0.25, 0.3) is 0 Å². The van der Waals surface area contributed by atoms with E-state index in [4.69, 9.17) is 5.73 Å². The van der Waals surface area contributed by atoms with Gasteiger partial charge in [0.25, 0.3) is 0 Å². The summed E-state index contributed by atoms with van der Waals surface area (Å²) in [4.78, 5) is 0. The molecule has 2 rings (SSSR count). The second kappa shape index (κ2) is 3.49. The Morgan fingerprint density at radius 1 is 1.43 bits per heavy atom. The molecule has 2 aliphatic carbocycles. The third-order valence-corrected chi connectivity index (χ3v) is 4.98. The second-order valence-corrected chi connectivity index (χ2v) is 5.33. The van der Waals surface area contributed by atoms with Gasteiger partial charge < -0.3 is 10.8 Å². The summed E-state index contributed by atoms with van der Waals surface area (Å²) in [5.74, 6) is 0.826. The average Bonchev–Trinajstić information content (AvgIpc) is 2.88. The van der Waals surface area contributed by atoms with Crippen LogP contribution >= 0.6 is 0 Å². The highest BCUT2D eigenvalue weighted by Crippen LogP contribution is 2.72. The Labute approximate surface area is 86.9 Å². The van der Waals surface area contributed by atoms with Crippen LogP contribution < -0.4 is 5.73 Å². The first kappa shape index (κ1) is 10.4. The zero-order chi connectivity index (χ0) is 10.2. The summed E-state index contributed by atoms with van der Waals surface area (Å²) in [6, 6.07) is 0.